The number of amides is 2. The molecule has 0 bridgehead atoms. The average molecular weight is 377 g/mol. The maximum absolute atomic E-state index is 13.1. The second kappa shape index (κ2) is 7.72. The van der Waals surface area contributed by atoms with Crippen molar-refractivity contribution in [3.63, 3.8) is 0 Å². The number of carbonyl (C=O) groups is 2. The second-order valence-corrected chi connectivity index (χ2v) is 7.43. The van der Waals surface area contributed by atoms with Gasteiger partial charge in [-0.2, -0.15) is 0 Å². The molecule has 0 spiro atoms. The van der Waals surface area contributed by atoms with Crippen molar-refractivity contribution in [2.45, 2.75) is 6.54 Å². The lowest BCUT2D eigenvalue weighted by molar-refractivity contribution is -0.126. The van der Waals surface area contributed by atoms with Gasteiger partial charge < -0.3 is 4.90 Å². The van der Waals surface area contributed by atoms with Crippen molar-refractivity contribution in [2.75, 3.05) is 18.0 Å². The molecular formula is C21H19N3O2S. The number of rotatable bonds is 5. The van der Waals surface area contributed by atoms with Crippen molar-refractivity contribution in [2.24, 2.45) is 5.92 Å². The maximum atomic E-state index is 13.1. The largest absolute Gasteiger partial charge is 0.336 e. The molecule has 1 fully saturated rings. The van der Waals surface area contributed by atoms with Gasteiger partial charge in [0.15, 0.2) is 0 Å². The Bertz CT molecular complexity index is 907. The van der Waals surface area contributed by atoms with E-state index in [9.17, 15) is 9.59 Å². The summed E-state index contributed by atoms with van der Waals surface area (Å²) in [5.74, 6) is 0.447. The van der Waals surface area contributed by atoms with Crippen molar-refractivity contribution in [3.8, 4) is 0 Å². The third-order valence-corrected chi connectivity index (χ3v) is 5.48. The first-order chi connectivity index (χ1) is 13.2. The molecule has 1 aromatic carbocycles. The van der Waals surface area contributed by atoms with Gasteiger partial charge in [-0.1, -0.05) is 42.5 Å². The van der Waals surface area contributed by atoms with E-state index >= 15 is 0 Å². The minimum Gasteiger partial charge on any atom is -0.336 e. The fourth-order valence-corrected chi connectivity index (χ4v) is 3.82. The predicted molar refractivity (Wildman–Crippen MR) is 106 cm³/mol. The number of pyridine rings is 1. The quantitative estimate of drug-likeness (QED) is 0.684. The zero-order valence-corrected chi connectivity index (χ0v) is 15.5. The predicted octanol–water partition coefficient (Wildman–Crippen LogP) is 3.45. The van der Waals surface area contributed by atoms with Gasteiger partial charge in [-0.3, -0.25) is 14.5 Å². The van der Waals surface area contributed by atoms with E-state index in [4.69, 9.17) is 0 Å². The molecule has 0 atom stereocenters. The van der Waals surface area contributed by atoms with Gasteiger partial charge in [0.1, 0.15) is 5.82 Å². The van der Waals surface area contributed by atoms with Crippen LogP contribution in [0, 0.1) is 5.92 Å². The second-order valence-electron chi connectivity index (χ2n) is 6.48. The molecule has 4 rings (SSSR count). The Hall–Kier alpha value is -2.99. The van der Waals surface area contributed by atoms with Crippen LogP contribution in [0.2, 0.25) is 0 Å². The number of thiophene rings is 1. The third-order valence-electron chi connectivity index (χ3n) is 4.63. The van der Waals surface area contributed by atoms with Crippen LogP contribution < -0.4 is 4.90 Å². The monoisotopic (exact) mass is 377 g/mol. The lowest BCUT2D eigenvalue weighted by Gasteiger charge is -2.40. The van der Waals surface area contributed by atoms with E-state index in [2.05, 4.69) is 4.98 Å². The van der Waals surface area contributed by atoms with Crippen molar-refractivity contribution in [3.05, 3.63) is 82.7 Å². The van der Waals surface area contributed by atoms with Gasteiger partial charge in [-0.05, 0) is 29.1 Å². The number of benzene rings is 1. The van der Waals surface area contributed by atoms with Gasteiger partial charge in [-0.25, -0.2) is 4.98 Å². The molecule has 0 radical (unpaired) electrons. The number of hydrogen-bond acceptors (Lipinski definition) is 4. The molecular weight excluding hydrogens is 358 g/mol. The van der Waals surface area contributed by atoms with Crippen molar-refractivity contribution >= 4 is 29.0 Å². The fraction of sp³-hybridized carbons (Fsp3) is 0.190. The smallest absolute Gasteiger partial charge is 0.263 e. The molecule has 2 aromatic heterocycles. The van der Waals surface area contributed by atoms with Crippen LogP contribution >= 0.6 is 11.3 Å². The van der Waals surface area contributed by atoms with Crippen LogP contribution in [0.15, 0.2) is 72.2 Å². The molecule has 1 aliphatic rings. The van der Waals surface area contributed by atoms with Gasteiger partial charge in [0.05, 0.1) is 17.3 Å². The Kier molecular flexibility index (Phi) is 4.98. The Morgan fingerprint density at radius 1 is 1.04 bits per heavy atom. The van der Waals surface area contributed by atoms with Crippen LogP contribution in [0.1, 0.15) is 15.2 Å². The van der Waals surface area contributed by atoms with Crippen LogP contribution in [-0.4, -0.2) is 34.8 Å². The van der Waals surface area contributed by atoms with Gasteiger partial charge in [0.2, 0.25) is 5.91 Å². The van der Waals surface area contributed by atoms with E-state index in [1.54, 1.807) is 16.0 Å². The van der Waals surface area contributed by atoms with E-state index in [1.807, 2.05) is 66.0 Å². The molecule has 1 saturated heterocycles. The molecule has 0 aliphatic carbocycles. The lowest BCUT2D eigenvalue weighted by Crippen LogP contribution is -2.56. The highest BCUT2D eigenvalue weighted by atomic mass is 32.1. The van der Waals surface area contributed by atoms with Crippen molar-refractivity contribution in [1.29, 1.82) is 0 Å². The maximum Gasteiger partial charge on any atom is 0.263 e. The average Bonchev–Trinajstić information content (AvgIpc) is 3.21. The molecule has 1 aliphatic heterocycles. The van der Waals surface area contributed by atoms with Crippen molar-refractivity contribution < 1.29 is 9.59 Å². The topological polar surface area (TPSA) is 53.5 Å². The van der Waals surface area contributed by atoms with Gasteiger partial charge in [-0.15, -0.1) is 11.3 Å². The van der Waals surface area contributed by atoms with E-state index in [0.29, 0.717) is 30.3 Å². The van der Waals surface area contributed by atoms with Crippen LogP contribution in [0.4, 0.5) is 5.82 Å². The number of carbonyl (C=O) groups excluding carboxylic acids is 2. The van der Waals surface area contributed by atoms with Gasteiger partial charge >= 0.3 is 0 Å². The normalized spacial score (nSPS) is 13.9. The SMILES string of the molecule is O=C(c1cccs1)N1CC(C(=O)N(Cc2ccccc2)c2ccccn2)C1. The number of aromatic nitrogens is 1. The van der Waals surface area contributed by atoms with Crippen molar-refractivity contribution in [1.82, 2.24) is 9.88 Å². The molecule has 3 heterocycles. The Labute approximate surface area is 161 Å². The molecule has 27 heavy (non-hydrogen) atoms. The lowest BCUT2D eigenvalue weighted by atomic mass is 9.97. The summed E-state index contributed by atoms with van der Waals surface area (Å²) in [7, 11) is 0. The summed E-state index contributed by atoms with van der Waals surface area (Å²) < 4.78 is 0. The number of hydrogen-bond donors (Lipinski definition) is 0. The number of nitrogens with zero attached hydrogens (tertiary/aromatic N) is 3. The Morgan fingerprint density at radius 3 is 2.48 bits per heavy atom. The first kappa shape index (κ1) is 17.4. The molecule has 5 nitrogen and oxygen atoms in total. The van der Waals surface area contributed by atoms with E-state index < -0.39 is 0 Å². The van der Waals surface area contributed by atoms with Crippen LogP contribution in [-0.2, 0) is 11.3 Å². The fourth-order valence-electron chi connectivity index (χ4n) is 3.13. The molecule has 136 valence electrons. The standard InChI is InChI=1S/C21H19N3O2S/c25-20(17-14-23(15-17)21(26)18-9-6-12-27-18)24(19-10-4-5-11-22-19)13-16-7-2-1-3-8-16/h1-12,17H,13-15H2. The van der Waals surface area contributed by atoms with E-state index in [0.717, 1.165) is 5.56 Å². The summed E-state index contributed by atoms with van der Waals surface area (Å²) >= 11 is 1.43. The first-order valence-electron chi connectivity index (χ1n) is 8.81. The summed E-state index contributed by atoms with van der Waals surface area (Å²) in [6.45, 7) is 1.37. The van der Waals surface area contributed by atoms with E-state index in [1.165, 1.54) is 11.3 Å². The summed E-state index contributed by atoms with van der Waals surface area (Å²) in [6.07, 6.45) is 1.69. The molecule has 6 heteroatoms. The van der Waals surface area contributed by atoms with Crippen LogP contribution in [0.3, 0.4) is 0 Å². The molecule has 3 aromatic rings. The molecule has 2 amide bonds. The molecule has 0 unspecified atom stereocenters. The van der Waals surface area contributed by atoms with Gasteiger partial charge in [0, 0.05) is 19.3 Å². The highest BCUT2D eigenvalue weighted by molar-refractivity contribution is 7.12. The highest BCUT2D eigenvalue weighted by Gasteiger charge is 2.39. The minimum atomic E-state index is -0.195. The highest BCUT2D eigenvalue weighted by Crippen LogP contribution is 2.25. The molecule has 0 saturated carbocycles. The Morgan fingerprint density at radius 2 is 1.81 bits per heavy atom. The summed E-state index contributed by atoms with van der Waals surface area (Å²) in [6, 6.07) is 19.1. The zero-order chi connectivity index (χ0) is 18.6. The van der Waals surface area contributed by atoms with Gasteiger partial charge in [0.25, 0.3) is 5.91 Å². The zero-order valence-electron chi connectivity index (χ0n) is 14.7. The summed E-state index contributed by atoms with van der Waals surface area (Å²) in [4.78, 5) is 34.0. The number of likely N-dealkylation sites (tertiary alicyclic amines) is 1. The number of anilines is 1. The Balaban J connectivity index is 1.48. The first-order valence-corrected chi connectivity index (χ1v) is 9.69. The minimum absolute atomic E-state index is 0.00138. The summed E-state index contributed by atoms with van der Waals surface area (Å²) in [5, 5.41) is 1.89. The van der Waals surface area contributed by atoms with Crippen LogP contribution in [0.5, 0.6) is 0 Å². The summed E-state index contributed by atoms with van der Waals surface area (Å²) in [5.41, 5.74) is 1.04. The van der Waals surface area contributed by atoms with Crippen LogP contribution in [0.25, 0.3) is 0 Å². The van der Waals surface area contributed by atoms with E-state index in [-0.39, 0.29) is 17.7 Å². The molecule has 0 N–H and O–H groups in total. The third kappa shape index (κ3) is 3.75.